The number of hydrogen-bond donors (Lipinski definition) is 0. The Labute approximate surface area is 194 Å². The lowest BCUT2D eigenvalue weighted by atomic mass is 10.2. The van der Waals surface area contributed by atoms with Gasteiger partial charge in [0.1, 0.15) is 10.7 Å². The molecule has 0 radical (unpaired) electrons. The minimum atomic E-state index is -0.479. The van der Waals surface area contributed by atoms with E-state index in [0.717, 1.165) is 0 Å². The van der Waals surface area contributed by atoms with E-state index in [2.05, 4.69) is 15.0 Å². The van der Waals surface area contributed by atoms with Crippen LogP contribution in [0.4, 0.5) is 0 Å². The number of pyridine rings is 2. The number of aromatic nitrogens is 4. The predicted molar refractivity (Wildman–Crippen MR) is 121 cm³/mol. The van der Waals surface area contributed by atoms with Crippen LogP contribution in [-0.2, 0) is 11.3 Å². The summed E-state index contributed by atoms with van der Waals surface area (Å²) < 4.78 is 6.56. The zero-order valence-electron chi connectivity index (χ0n) is 18.1. The van der Waals surface area contributed by atoms with Gasteiger partial charge in [-0.2, -0.15) is 0 Å². The number of ether oxygens (including phenoxy) is 1. The Morgan fingerprint density at radius 3 is 2.45 bits per heavy atom. The molecule has 4 heterocycles. The van der Waals surface area contributed by atoms with Crippen molar-refractivity contribution in [1.82, 2.24) is 29.3 Å². The molecule has 0 atom stereocenters. The standard InChI is InChI=1S/C22H23ClN6O4/c1-33-13-3-8-29-19-16(4-2-7-24-19)26-18(22(29)32)21(31)28-11-9-27(10-12-28)20(30)15-5-6-17(23)25-14-15/h2,4-7,14H,3,8-13H2,1H3. The average molecular weight is 471 g/mol. The van der Waals surface area contributed by atoms with Crippen LogP contribution < -0.4 is 5.56 Å². The molecule has 10 nitrogen and oxygen atoms in total. The molecule has 1 aliphatic heterocycles. The molecule has 33 heavy (non-hydrogen) atoms. The van der Waals surface area contributed by atoms with E-state index in [1.165, 1.54) is 10.8 Å². The first-order valence-electron chi connectivity index (χ1n) is 10.5. The largest absolute Gasteiger partial charge is 0.385 e. The fourth-order valence-electron chi connectivity index (χ4n) is 3.74. The Morgan fingerprint density at radius 1 is 1.06 bits per heavy atom. The molecular formula is C22H23ClN6O4. The van der Waals surface area contributed by atoms with Crippen LogP contribution in [0.1, 0.15) is 27.3 Å². The average Bonchev–Trinajstić information content (AvgIpc) is 2.85. The fourth-order valence-corrected chi connectivity index (χ4v) is 3.85. The number of fused-ring (bicyclic) bond motifs is 1. The lowest BCUT2D eigenvalue weighted by Gasteiger charge is -2.34. The van der Waals surface area contributed by atoms with Crippen molar-refractivity contribution in [2.45, 2.75) is 13.0 Å². The summed E-state index contributed by atoms with van der Waals surface area (Å²) in [5.74, 6) is -0.631. The van der Waals surface area contributed by atoms with Crippen molar-refractivity contribution in [1.29, 1.82) is 0 Å². The number of hydrogen-bond acceptors (Lipinski definition) is 7. The van der Waals surface area contributed by atoms with Crippen LogP contribution in [0, 0.1) is 0 Å². The first-order chi connectivity index (χ1) is 16.0. The van der Waals surface area contributed by atoms with Crippen LogP contribution in [0.25, 0.3) is 11.2 Å². The molecule has 4 rings (SSSR count). The summed E-state index contributed by atoms with van der Waals surface area (Å²) in [5, 5.41) is 0.313. The molecule has 0 spiro atoms. The van der Waals surface area contributed by atoms with Crippen LogP contribution >= 0.6 is 11.6 Å². The van der Waals surface area contributed by atoms with E-state index < -0.39 is 11.5 Å². The molecule has 1 saturated heterocycles. The van der Waals surface area contributed by atoms with E-state index in [4.69, 9.17) is 16.3 Å². The van der Waals surface area contributed by atoms with Gasteiger partial charge in [-0.25, -0.2) is 15.0 Å². The number of methoxy groups -OCH3 is 1. The molecule has 11 heteroatoms. The Hall–Kier alpha value is -3.37. The van der Waals surface area contributed by atoms with Crippen molar-refractivity contribution in [2.24, 2.45) is 0 Å². The van der Waals surface area contributed by atoms with Gasteiger partial charge in [-0.3, -0.25) is 19.0 Å². The van der Waals surface area contributed by atoms with E-state index in [1.807, 2.05) is 0 Å². The molecule has 3 aromatic rings. The number of halogens is 1. The monoisotopic (exact) mass is 470 g/mol. The second-order valence-electron chi connectivity index (χ2n) is 7.56. The molecule has 3 aromatic heterocycles. The van der Waals surface area contributed by atoms with E-state index in [0.29, 0.717) is 67.6 Å². The van der Waals surface area contributed by atoms with Crippen molar-refractivity contribution in [3.05, 3.63) is 63.4 Å². The fraction of sp³-hybridized carbons (Fsp3) is 0.364. The highest BCUT2D eigenvalue weighted by atomic mass is 35.5. The molecule has 1 aliphatic rings. The maximum atomic E-state index is 13.2. The van der Waals surface area contributed by atoms with Crippen molar-refractivity contribution in [2.75, 3.05) is 39.9 Å². The molecule has 0 saturated carbocycles. The molecule has 2 amide bonds. The third-order valence-corrected chi connectivity index (χ3v) is 5.69. The number of rotatable bonds is 6. The topological polar surface area (TPSA) is 111 Å². The second-order valence-corrected chi connectivity index (χ2v) is 7.95. The Balaban J connectivity index is 1.52. The molecule has 0 N–H and O–H groups in total. The van der Waals surface area contributed by atoms with Gasteiger partial charge in [0.15, 0.2) is 11.3 Å². The van der Waals surface area contributed by atoms with Crippen LogP contribution in [0.2, 0.25) is 5.15 Å². The third kappa shape index (κ3) is 4.86. The van der Waals surface area contributed by atoms with E-state index in [1.54, 1.807) is 47.4 Å². The Kier molecular flexibility index (Phi) is 6.95. The van der Waals surface area contributed by atoms with Gasteiger partial charge in [0, 0.05) is 58.8 Å². The van der Waals surface area contributed by atoms with Gasteiger partial charge < -0.3 is 14.5 Å². The number of carbonyl (C=O) groups is 2. The zero-order chi connectivity index (χ0) is 23.4. The van der Waals surface area contributed by atoms with Gasteiger partial charge in [0.05, 0.1) is 5.56 Å². The second kappa shape index (κ2) is 10.1. The van der Waals surface area contributed by atoms with Crippen LogP contribution in [0.5, 0.6) is 0 Å². The molecule has 0 aromatic carbocycles. The quantitative estimate of drug-likeness (QED) is 0.396. The normalized spacial score (nSPS) is 14.0. The summed E-state index contributed by atoms with van der Waals surface area (Å²) in [4.78, 5) is 54.8. The highest BCUT2D eigenvalue weighted by Crippen LogP contribution is 2.13. The molecule has 172 valence electrons. The molecule has 0 unspecified atom stereocenters. The van der Waals surface area contributed by atoms with E-state index in [9.17, 15) is 14.4 Å². The van der Waals surface area contributed by atoms with Crippen LogP contribution in [-0.4, -0.2) is 81.0 Å². The SMILES string of the molecule is COCCCn1c(=O)c(C(=O)N2CCN(C(=O)c3ccc(Cl)nc3)CC2)nc2cccnc21. The van der Waals surface area contributed by atoms with Crippen LogP contribution in [0.15, 0.2) is 41.5 Å². The number of aryl methyl sites for hydroxylation is 1. The lowest BCUT2D eigenvalue weighted by molar-refractivity contribution is 0.0531. The molecule has 1 fully saturated rings. The zero-order valence-corrected chi connectivity index (χ0v) is 18.9. The maximum absolute atomic E-state index is 13.2. The third-order valence-electron chi connectivity index (χ3n) is 5.46. The summed E-state index contributed by atoms with van der Waals surface area (Å²) in [6, 6.07) is 6.62. The Morgan fingerprint density at radius 2 is 1.79 bits per heavy atom. The summed E-state index contributed by atoms with van der Waals surface area (Å²) in [7, 11) is 1.59. The molecule has 0 aliphatic carbocycles. The predicted octanol–water partition coefficient (Wildman–Crippen LogP) is 1.47. The van der Waals surface area contributed by atoms with Crippen molar-refractivity contribution in [3.8, 4) is 0 Å². The lowest BCUT2D eigenvalue weighted by Crippen LogP contribution is -2.51. The molecular weight excluding hydrogens is 448 g/mol. The minimum Gasteiger partial charge on any atom is -0.385 e. The highest BCUT2D eigenvalue weighted by molar-refractivity contribution is 6.29. The smallest absolute Gasteiger partial charge is 0.283 e. The van der Waals surface area contributed by atoms with Gasteiger partial charge in [0.2, 0.25) is 0 Å². The first-order valence-corrected chi connectivity index (χ1v) is 10.9. The van der Waals surface area contributed by atoms with Gasteiger partial charge >= 0.3 is 0 Å². The maximum Gasteiger partial charge on any atom is 0.283 e. The van der Waals surface area contributed by atoms with E-state index >= 15 is 0 Å². The number of nitrogens with zero attached hydrogens (tertiary/aromatic N) is 6. The number of carbonyl (C=O) groups excluding carboxylic acids is 2. The van der Waals surface area contributed by atoms with Gasteiger partial charge in [-0.15, -0.1) is 0 Å². The number of amides is 2. The van der Waals surface area contributed by atoms with Crippen LogP contribution in [0.3, 0.4) is 0 Å². The Bertz CT molecular complexity index is 1220. The summed E-state index contributed by atoms with van der Waals surface area (Å²) >= 11 is 5.79. The minimum absolute atomic E-state index is 0.144. The highest BCUT2D eigenvalue weighted by Gasteiger charge is 2.28. The van der Waals surface area contributed by atoms with Crippen molar-refractivity contribution in [3.63, 3.8) is 0 Å². The first kappa shape index (κ1) is 22.8. The van der Waals surface area contributed by atoms with Crippen molar-refractivity contribution < 1.29 is 14.3 Å². The van der Waals surface area contributed by atoms with Crippen molar-refractivity contribution >= 4 is 34.6 Å². The van der Waals surface area contributed by atoms with Gasteiger partial charge in [0.25, 0.3) is 17.4 Å². The van der Waals surface area contributed by atoms with E-state index in [-0.39, 0.29) is 11.6 Å². The summed E-state index contributed by atoms with van der Waals surface area (Å²) in [6.45, 7) is 2.10. The van der Waals surface area contributed by atoms with Gasteiger partial charge in [-0.1, -0.05) is 11.6 Å². The summed E-state index contributed by atoms with van der Waals surface area (Å²) in [6.07, 6.45) is 3.62. The molecule has 0 bridgehead atoms. The summed E-state index contributed by atoms with van der Waals surface area (Å²) in [5.41, 5.74) is 0.716. The van der Waals surface area contributed by atoms with Gasteiger partial charge in [-0.05, 0) is 30.7 Å². The number of piperazine rings is 1.